The Hall–Kier alpha value is 0.430. The van der Waals surface area contributed by atoms with E-state index in [0.717, 1.165) is 12.3 Å². The molecule has 4 atom stereocenters. The maximum atomic E-state index is 11.5. The second kappa shape index (κ2) is 4.97. The third-order valence-corrected chi connectivity index (χ3v) is 7.30. The van der Waals surface area contributed by atoms with Gasteiger partial charge in [-0.1, -0.05) is 29.3 Å². The van der Waals surface area contributed by atoms with Crippen LogP contribution in [0.5, 0.6) is 0 Å². The zero-order valence-corrected chi connectivity index (χ0v) is 12.3. The molecule has 2 fully saturated rings. The molecule has 0 N–H and O–H groups in total. The van der Waals surface area contributed by atoms with Gasteiger partial charge in [-0.3, -0.25) is 0 Å². The summed E-state index contributed by atoms with van der Waals surface area (Å²) in [6, 6.07) is 0. The first-order chi connectivity index (χ1) is 7.52. The van der Waals surface area contributed by atoms with Crippen molar-refractivity contribution in [2.24, 2.45) is 17.8 Å². The molecule has 0 aromatic rings. The molecule has 2 aliphatic rings. The molecule has 1 aliphatic heterocycles. The molecule has 0 spiro atoms. The number of sulfone groups is 1. The van der Waals surface area contributed by atoms with Crippen molar-refractivity contribution < 1.29 is 8.42 Å². The predicted octanol–water partition coefficient (Wildman–Crippen LogP) is 3.01. The Morgan fingerprint density at radius 1 is 1.25 bits per heavy atom. The van der Waals surface area contributed by atoms with Crippen LogP contribution in [0.2, 0.25) is 0 Å². The molecule has 1 aliphatic carbocycles. The molecule has 0 radical (unpaired) electrons. The quantitative estimate of drug-likeness (QED) is 0.735. The summed E-state index contributed by atoms with van der Waals surface area (Å²) >= 11 is 3.76. The number of hydrogen-bond donors (Lipinski definition) is 0. The van der Waals surface area contributed by atoms with Crippen LogP contribution in [-0.2, 0) is 9.84 Å². The van der Waals surface area contributed by atoms with Crippen LogP contribution in [0.25, 0.3) is 0 Å². The first kappa shape index (κ1) is 12.9. The summed E-state index contributed by atoms with van der Waals surface area (Å²) in [6.07, 6.45) is 5.90. The molecular formula is C12H21BrO2S. The fraction of sp³-hybridized carbons (Fsp3) is 1.00. The van der Waals surface area contributed by atoms with E-state index in [0.29, 0.717) is 28.2 Å². The van der Waals surface area contributed by atoms with Gasteiger partial charge in [0, 0.05) is 4.83 Å². The minimum Gasteiger partial charge on any atom is -0.229 e. The lowest BCUT2D eigenvalue weighted by atomic mass is 9.74. The maximum Gasteiger partial charge on any atom is 0.150 e. The predicted molar refractivity (Wildman–Crippen MR) is 70.6 cm³/mol. The maximum absolute atomic E-state index is 11.5. The molecule has 4 heteroatoms. The molecular weight excluding hydrogens is 288 g/mol. The largest absolute Gasteiger partial charge is 0.229 e. The van der Waals surface area contributed by atoms with Crippen molar-refractivity contribution in [2.45, 2.75) is 43.9 Å². The van der Waals surface area contributed by atoms with Gasteiger partial charge in [0.05, 0.1) is 11.5 Å². The summed E-state index contributed by atoms with van der Waals surface area (Å²) in [5.74, 6) is 2.70. The molecule has 2 rings (SSSR count). The van der Waals surface area contributed by atoms with E-state index in [2.05, 4.69) is 22.9 Å². The van der Waals surface area contributed by atoms with Gasteiger partial charge in [0.1, 0.15) is 0 Å². The van der Waals surface area contributed by atoms with Gasteiger partial charge in [0.2, 0.25) is 0 Å². The van der Waals surface area contributed by atoms with E-state index in [1.165, 1.54) is 25.7 Å². The fourth-order valence-electron chi connectivity index (χ4n) is 3.28. The van der Waals surface area contributed by atoms with Crippen molar-refractivity contribution >= 4 is 25.8 Å². The van der Waals surface area contributed by atoms with E-state index in [1.807, 2.05) is 0 Å². The molecule has 1 saturated carbocycles. The molecule has 94 valence electrons. The highest BCUT2D eigenvalue weighted by Crippen LogP contribution is 2.42. The molecule has 16 heavy (non-hydrogen) atoms. The Morgan fingerprint density at radius 3 is 2.56 bits per heavy atom. The molecule has 2 nitrogen and oxygen atoms in total. The normalized spacial score (nSPS) is 43.4. The van der Waals surface area contributed by atoms with Crippen LogP contribution in [0.3, 0.4) is 0 Å². The van der Waals surface area contributed by atoms with Crippen LogP contribution in [0, 0.1) is 17.8 Å². The first-order valence-electron chi connectivity index (χ1n) is 6.36. The lowest BCUT2D eigenvalue weighted by molar-refractivity contribution is 0.215. The van der Waals surface area contributed by atoms with Gasteiger partial charge in [-0.05, 0) is 43.4 Å². The van der Waals surface area contributed by atoms with Gasteiger partial charge in [-0.2, -0.15) is 0 Å². The second-order valence-electron chi connectivity index (χ2n) is 5.43. The summed E-state index contributed by atoms with van der Waals surface area (Å²) in [5, 5.41) is 0. The topological polar surface area (TPSA) is 34.1 Å². The monoisotopic (exact) mass is 308 g/mol. The van der Waals surface area contributed by atoms with Crippen LogP contribution >= 0.6 is 15.9 Å². The Morgan fingerprint density at radius 2 is 2.00 bits per heavy atom. The van der Waals surface area contributed by atoms with Crippen LogP contribution < -0.4 is 0 Å². The fourth-order valence-corrected chi connectivity index (χ4v) is 6.09. The third kappa shape index (κ3) is 2.81. The van der Waals surface area contributed by atoms with Gasteiger partial charge in [0.25, 0.3) is 0 Å². The minimum atomic E-state index is -2.71. The van der Waals surface area contributed by atoms with Gasteiger partial charge >= 0.3 is 0 Å². The first-order valence-corrected chi connectivity index (χ1v) is 9.10. The van der Waals surface area contributed by atoms with Crippen molar-refractivity contribution in [3.63, 3.8) is 0 Å². The van der Waals surface area contributed by atoms with Gasteiger partial charge in [-0.25, -0.2) is 8.42 Å². The highest BCUT2D eigenvalue weighted by molar-refractivity contribution is 9.09. The van der Waals surface area contributed by atoms with Gasteiger partial charge in [0.15, 0.2) is 9.84 Å². The van der Waals surface area contributed by atoms with Crippen molar-refractivity contribution in [3.05, 3.63) is 0 Å². The molecule has 1 saturated heterocycles. The summed E-state index contributed by atoms with van der Waals surface area (Å²) in [4.78, 5) is 0.550. The molecule has 4 unspecified atom stereocenters. The number of rotatable bonds is 2. The van der Waals surface area contributed by atoms with Crippen LogP contribution in [0.1, 0.15) is 39.0 Å². The summed E-state index contributed by atoms with van der Waals surface area (Å²) in [5.41, 5.74) is 0. The second-order valence-corrected chi connectivity index (χ2v) is 8.84. The number of halogens is 1. The van der Waals surface area contributed by atoms with Crippen LogP contribution in [0.4, 0.5) is 0 Å². The highest BCUT2D eigenvalue weighted by atomic mass is 79.9. The van der Waals surface area contributed by atoms with E-state index in [9.17, 15) is 8.42 Å². The molecule has 0 amide bonds. The number of hydrogen-bond acceptors (Lipinski definition) is 2. The zero-order valence-electron chi connectivity index (χ0n) is 9.86. The zero-order chi connectivity index (χ0) is 11.8. The Labute approximate surface area is 107 Å². The number of alkyl halides is 1. The smallest absolute Gasteiger partial charge is 0.150 e. The van der Waals surface area contributed by atoms with E-state index < -0.39 is 9.84 Å². The van der Waals surface area contributed by atoms with Crippen molar-refractivity contribution in [3.8, 4) is 0 Å². The minimum absolute atomic E-state index is 0.420. The van der Waals surface area contributed by atoms with Crippen LogP contribution in [0.15, 0.2) is 0 Å². The Balaban J connectivity index is 2.02. The van der Waals surface area contributed by atoms with E-state index in [-0.39, 0.29) is 0 Å². The van der Waals surface area contributed by atoms with E-state index in [1.54, 1.807) is 0 Å². The molecule has 0 bridgehead atoms. The van der Waals surface area contributed by atoms with E-state index >= 15 is 0 Å². The lowest BCUT2D eigenvalue weighted by Crippen LogP contribution is -2.31. The molecule has 0 aromatic carbocycles. The van der Waals surface area contributed by atoms with E-state index in [4.69, 9.17) is 0 Å². The molecule has 0 aromatic heterocycles. The summed E-state index contributed by atoms with van der Waals surface area (Å²) < 4.78 is 23.1. The highest BCUT2D eigenvalue weighted by Gasteiger charge is 2.39. The SMILES string of the molecule is CCC1CCC(Br)C(C2CCS(=O)(=O)C2)C1. The standard InChI is InChI=1S/C12H21BrO2S/c1-2-9-3-4-12(13)11(7-9)10-5-6-16(14,15)8-10/h9-12H,2-8H2,1H3. The Kier molecular flexibility index (Phi) is 4.00. The van der Waals surface area contributed by atoms with Crippen molar-refractivity contribution in [1.29, 1.82) is 0 Å². The summed E-state index contributed by atoms with van der Waals surface area (Å²) in [6.45, 7) is 2.25. The molecule has 1 heterocycles. The third-order valence-electron chi connectivity index (χ3n) is 4.37. The summed E-state index contributed by atoms with van der Waals surface area (Å²) in [7, 11) is -2.71. The van der Waals surface area contributed by atoms with Crippen molar-refractivity contribution in [2.75, 3.05) is 11.5 Å². The average Bonchev–Trinajstić information content (AvgIpc) is 2.59. The van der Waals surface area contributed by atoms with Gasteiger partial charge in [-0.15, -0.1) is 0 Å². The van der Waals surface area contributed by atoms with Crippen molar-refractivity contribution in [1.82, 2.24) is 0 Å². The van der Waals surface area contributed by atoms with Gasteiger partial charge < -0.3 is 0 Å². The lowest BCUT2D eigenvalue weighted by Gasteiger charge is -2.36. The average molecular weight is 309 g/mol. The Bertz CT molecular complexity index is 339. The van der Waals surface area contributed by atoms with Crippen LogP contribution in [-0.4, -0.2) is 24.8 Å².